The highest BCUT2D eigenvalue weighted by Crippen LogP contribution is 2.27. The second kappa shape index (κ2) is 5.58. The van der Waals surface area contributed by atoms with Crippen molar-refractivity contribution in [3.05, 3.63) is 59.2 Å². The van der Waals surface area contributed by atoms with Gasteiger partial charge in [-0.15, -0.1) is 0 Å². The number of nitrogens with zero attached hydrogens (tertiary/aromatic N) is 1. The van der Waals surface area contributed by atoms with Crippen molar-refractivity contribution in [1.29, 1.82) is 0 Å². The second-order valence-corrected chi connectivity index (χ2v) is 5.71. The van der Waals surface area contributed by atoms with E-state index in [9.17, 15) is 0 Å². The van der Waals surface area contributed by atoms with Crippen molar-refractivity contribution in [2.75, 3.05) is 23.8 Å². The van der Waals surface area contributed by atoms with Crippen LogP contribution in [-0.4, -0.2) is 13.6 Å². The number of nitrogens with one attached hydrogen (secondary N) is 1. The highest BCUT2D eigenvalue weighted by atomic mass is 15.1. The van der Waals surface area contributed by atoms with E-state index in [2.05, 4.69) is 66.7 Å². The Labute approximate surface area is 121 Å². The van der Waals surface area contributed by atoms with Crippen LogP contribution in [0.2, 0.25) is 0 Å². The standard InChI is InChI=1S/C18H22N2/c1-14-5-3-7-17(11-14)19-13-15-8-9-18-16(12-15)6-4-10-20(18)2/h3,5,7-9,11-12,19H,4,6,10,13H2,1-2H3. The average molecular weight is 266 g/mol. The molecule has 0 aliphatic carbocycles. The van der Waals surface area contributed by atoms with E-state index in [-0.39, 0.29) is 0 Å². The van der Waals surface area contributed by atoms with E-state index < -0.39 is 0 Å². The fraction of sp³-hybridized carbons (Fsp3) is 0.333. The van der Waals surface area contributed by atoms with Gasteiger partial charge < -0.3 is 10.2 Å². The number of hydrogen-bond acceptors (Lipinski definition) is 2. The molecule has 0 saturated carbocycles. The third-order valence-corrected chi connectivity index (χ3v) is 4.01. The first kappa shape index (κ1) is 13.0. The molecular weight excluding hydrogens is 244 g/mol. The summed E-state index contributed by atoms with van der Waals surface area (Å²) < 4.78 is 0. The molecular formula is C18H22N2. The van der Waals surface area contributed by atoms with Gasteiger partial charge in [0.25, 0.3) is 0 Å². The highest BCUT2D eigenvalue weighted by molar-refractivity contribution is 5.56. The van der Waals surface area contributed by atoms with Crippen molar-refractivity contribution in [3.8, 4) is 0 Å². The Morgan fingerprint density at radius 3 is 2.90 bits per heavy atom. The van der Waals surface area contributed by atoms with E-state index in [4.69, 9.17) is 0 Å². The van der Waals surface area contributed by atoms with Gasteiger partial charge in [-0.25, -0.2) is 0 Å². The molecule has 0 amide bonds. The molecule has 0 radical (unpaired) electrons. The van der Waals surface area contributed by atoms with Gasteiger partial charge in [-0.2, -0.15) is 0 Å². The SMILES string of the molecule is Cc1cccc(NCc2ccc3c(c2)CCCN3C)c1. The van der Waals surface area contributed by atoms with Crippen LogP contribution in [0.4, 0.5) is 11.4 Å². The first-order chi connectivity index (χ1) is 9.72. The fourth-order valence-electron chi connectivity index (χ4n) is 2.91. The van der Waals surface area contributed by atoms with E-state index in [1.54, 1.807) is 0 Å². The summed E-state index contributed by atoms with van der Waals surface area (Å²) in [5, 5.41) is 3.51. The molecule has 2 heteroatoms. The lowest BCUT2D eigenvalue weighted by Crippen LogP contribution is -2.24. The summed E-state index contributed by atoms with van der Waals surface area (Å²) in [5.74, 6) is 0. The number of aryl methyl sites for hydroxylation is 2. The molecule has 20 heavy (non-hydrogen) atoms. The van der Waals surface area contributed by atoms with Crippen LogP contribution < -0.4 is 10.2 Å². The van der Waals surface area contributed by atoms with Crippen molar-refractivity contribution in [3.63, 3.8) is 0 Å². The minimum atomic E-state index is 0.889. The van der Waals surface area contributed by atoms with Crippen molar-refractivity contribution >= 4 is 11.4 Å². The molecule has 0 bridgehead atoms. The van der Waals surface area contributed by atoms with Gasteiger partial charge in [-0.3, -0.25) is 0 Å². The Bertz CT molecular complexity index is 604. The van der Waals surface area contributed by atoms with Crippen LogP contribution in [-0.2, 0) is 13.0 Å². The topological polar surface area (TPSA) is 15.3 Å². The van der Waals surface area contributed by atoms with Gasteiger partial charge in [-0.05, 0) is 54.7 Å². The zero-order chi connectivity index (χ0) is 13.9. The summed E-state index contributed by atoms with van der Waals surface area (Å²) in [4.78, 5) is 2.36. The Hall–Kier alpha value is -1.96. The van der Waals surface area contributed by atoms with Crippen LogP contribution in [0.3, 0.4) is 0 Å². The van der Waals surface area contributed by atoms with Crippen molar-refractivity contribution < 1.29 is 0 Å². The molecule has 0 unspecified atom stereocenters. The maximum Gasteiger partial charge on any atom is 0.0400 e. The number of anilines is 2. The Morgan fingerprint density at radius 2 is 2.05 bits per heavy atom. The van der Waals surface area contributed by atoms with Gasteiger partial charge in [-0.1, -0.05) is 24.3 Å². The third kappa shape index (κ3) is 2.79. The van der Waals surface area contributed by atoms with Crippen LogP contribution in [0, 0.1) is 6.92 Å². The first-order valence-electron chi connectivity index (χ1n) is 7.36. The van der Waals surface area contributed by atoms with Crippen LogP contribution in [0.5, 0.6) is 0 Å². The molecule has 1 heterocycles. The zero-order valence-corrected chi connectivity index (χ0v) is 12.3. The molecule has 1 aliphatic heterocycles. The average Bonchev–Trinajstić information content (AvgIpc) is 2.45. The smallest absolute Gasteiger partial charge is 0.0400 e. The molecule has 0 spiro atoms. The number of hydrogen-bond donors (Lipinski definition) is 1. The quantitative estimate of drug-likeness (QED) is 0.903. The largest absolute Gasteiger partial charge is 0.381 e. The van der Waals surface area contributed by atoms with E-state index in [1.807, 2.05) is 0 Å². The number of benzene rings is 2. The van der Waals surface area contributed by atoms with Crippen LogP contribution in [0.25, 0.3) is 0 Å². The van der Waals surface area contributed by atoms with E-state index >= 15 is 0 Å². The molecule has 0 fully saturated rings. The summed E-state index contributed by atoms with van der Waals surface area (Å²) in [5.41, 5.74) is 6.74. The summed E-state index contributed by atoms with van der Waals surface area (Å²) in [6, 6.07) is 15.4. The monoisotopic (exact) mass is 266 g/mol. The summed E-state index contributed by atoms with van der Waals surface area (Å²) >= 11 is 0. The molecule has 2 nitrogen and oxygen atoms in total. The van der Waals surface area contributed by atoms with Gasteiger partial charge in [0, 0.05) is 31.5 Å². The van der Waals surface area contributed by atoms with Crippen molar-refractivity contribution in [1.82, 2.24) is 0 Å². The molecule has 104 valence electrons. The lowest BCUT2D eigenvalue weighted by Gasteiger charge is -2.27. The van der Waals surface area contributed by atoms with Gasteiger partial charge in [0.05, 0.1) is 0 Å². The molecule has 1 aliphatic rings. The lowest BCUT2D eigenvalue weighted by atomic mass is 9.99. The predicted octanol–water partition coefficient (Wildman–Crippen LogP) is 3.99. The molecule has 3 rings (SSSR count). The fourth-order valence-corrected chi connectivity index (χ4v) is 2.91. The van der Waals surface area contributed by atoms with Gasteiger partial charge >= 0.3 is 0 Å². The van der Waals surface area contributed by atoms with E-state index in [0.29, 0.717) is 0 Å². The summed E-state index contributed by atoms with van der Waals surface area (Å²) in [6.07, 6.45) is 2.47. The number of fused-ring (bicyclic) bond motifs is 1. The van der Waals surface area contributed by atoms with Gasteiger partial charge in [0.1, 0.15) is 0 Å². The highest BCUT2D eigenvalue weighted by Gasteiger charge is 2.13. The molecule has 0 aromatic heterocycles. The Kier molecular flexibility index (Phi) is 3.64. The molecule has 1 N–H and O–H groups in total. The third-order valence-electron chi connectivity index (χ3n) is 4.01. The van der Waals surface area contributed by atoms with Crippen LogP contribution in [0.1, 0.15) is 23.1 Å². The van der Waals surface area contributed by atoms with Crippen LogP contribution in [0.15, 0.2) is 42.5 Å². The lowest BCUT2D eigenvalue weighted by molar-refractivity contribution is 0.743. The molecule has 2 aromatic carbocycles. The predicted molar refractivity (Wildman–Crippen MR) is 86.5 cm³/mol. The van der Waals surface area contributed by atoms with Crippen LogP contribution >= 0.6 is 0 Å². The van der Waals surface area contributed by atoms with Gasteiger partial charge in [0.2, 0.25) is 0 Å². The van der Waals surface area contributed by atoms with Gasteiger partial charge in [0.15, 0.2) is 0 Å². The summed E-state index contributed by atoms with van der Waals surface area (Å²) in [6.45, 7) is 4.19. The second-order valence-electron chi connectivity index (χ2n) is 5.71. The summed E-state index contributed by atoms with van der Waals surface area (Å²) in [7, 11) is 2.18. The minimum Gasteiger partial charge on any atom is -0.381 e. The Morgan fingerprint density at radius 1 is 1.15 bits per heavy atom. The Balaban J connectivity index is 1.72. The number of rotatable bonds is 3. The maximum absolute atomic E-state index is 3.51. The van der Waals surface area contributed by atoms with Crippen molar-refractivity contribution in [2.24, 2.45) is 0 Å². The van der Waals surface area contributed by atoms with E-state index in [1.165, 1.54) is 47.5 Å². The zero-order valence-electron chi connectivity index (χ0n) is 12.3. The molecule has 2 aromatic rings. The first-order valence-corrected chi connectivity index (χ1v) is 7.36. The molecule has 0 saturated heterocycles. The maximum atomic E-state index is 3.51. The molecule has 0 atom stereocenters. The van der Waals surface area contributed by atoms with Crippen molar-refractivity contribution in [2.45, 2.75) is 26.3 Å². The normalized spacial score (nSPS) is 14.0. The van der Waals surface area contributed by atoms with E-state index in [0.717, 1.165) is 6.54 Å². The minimum absolute atomic E-state index is 0.889.